The fourth-order valence-electron chi connectivity index (χ4n) is 2.24. The minimum atomic E-state index is 0.375. The van der Waals surface area contributed by atoms with Crippen molar-refractivity contribution in [2.75, 3.05) is 11.1 Å². The fraction of sp³-hybridized carbons (Fsp3) is 0.800. The van der Waals surface area contributed by atoms with E-state index in [2.05, 4.69) is 27.4 Å². The Bertz CT molecular complexity index is 301. The van der Waals surface area contributed by atoms with Gasteiger partial charge in [-0.3, -0.25) is 0 Å². The van der Waals surface area contributed by atoms with Gasteiger partial charge in [-0.25, -0.2) is 5.10 Å². The molecule has 0 aliphatic heterocycles. The Labute approximate surface area is 89.9 Å². The minimum absolute atomic E-state index is 0.375. The number of aromatic nitrogens is 3. The molecule has 0 saturated heterocycles. The molecule has 1 aromatic heterocycles. The van der Waals surface area contributed by atoms with Crippen molar-refractivity contribution in [3.8, 4) is 0 Å². The zero-order valence-electron chi connectivity index (χ0n) is 9.16. The van der Waals surface area contributed by atoms with Crippen LogP contribution in [-0.4, -0.2) is 21.2 Å². The average Bonchev–Trinajstić information content (AvgIpc) is 2.65. The minimum Gasteiger partial charge on any atom is -0.368 e. The van der Waals surface area contributed by atoms with Gasteiger partial charge in [0.15, 0.2) is 0 Å². The molecule has 0 aromatic carbocycles. The van der Waals surface area contributed by atoms with Crippen LogP contribution in [0.1, 0.15) is 39.0 Å². The van der Waals surface area contributed by atoms with E-state index in [4.69, 9.17) is 5.73 Å². The maximum absolute atomic E-state index is 5.46. The zero-order valence-corrected chi connectivity index (χ0v) is 9.16. The number of nitrogens with two attached hydrogens (primary N) is 1. The molecule has 1 saturated carbocycles. The Kier molecular flexibility index (Phi) is 3.08. The molecule has 1 fully saturated rings. The summed E-state index contributed by atoms with van der Waals surface area (Å²) in [4.78, 5) is 4.04. The molecule has 5 heteroatoms. The van der Waals surface area contributed by atoms with Crippen molar-refractivity contribution in [2.45, 2.75) is 45.1 Å². The molecule has 4 N–H and O–H groups in total. The van der Waals surface area contributed by atoms with E-state index in [0.717, 1.165) is 5.92 Å². The van der Waals surface area contributed by atoms with Crippen LogP contribution in [0.15, 0.2) is 0 Å². The maximum atomic E-state index is 5.46. The predicted molar refractivity (Wildman–Crippen MR) is 60.5 cm³/mol. The first-order valence-electron chi connectivity index (χ1n) is 5.72. The number of rotatable bonds is 3. The van der Waals surface area contributed by atoms with E-state index in [1.807, 2.05) is 0 Å². The van der Waals surface area contributed by atoms with Crippen LogP contribution in [0, 0.1) is 5.92 Å². The Morgan fingerprint density at radius 1 is 1.40 bits per heavy atom. The average molecular weight is 209 g/mol. The first-order chi connectivity index (χ1) is 7.28. The molecular weight excluding hydrogens is 190 g/mol. The molecule has 0 atom stereocenters. The lowest BCUT2D eigenvalue weighted by Gasteiger charge is -2.27. The van der Waals surface area contributed by atoms with E-state index in [1.165, 1.54) is 32.1 Å². The lowest BCUT2D eigenvalue weighted by Crippen LogP contribution is -2.26. The molecular formula is C10H19N5. The van der Waals surface area contributed by atoms with Gasteiger partial charge in [0, 0.05) is 6.04 Å². The number of hydrogen-bond acceptors (Lipinski definition) is 4. The van der Waals surface area contributed by atoms with Crippen molar-refractivity contribution in [1.29, 1.82) is 0 Å². The monoisotopic (exact) mass is 209 g/mol. The largest absolute Gasteiger partial charge is 0.368 e. The van der Waals surface area contributed by atoms with Crippen molar-refractivity contribution in [3.63, 3.8) is 0 Å². The standard InChI is InChI=1S/C10H19N5/c1-2-7-3-5-8(6-4-7)12-10-13-9(11)14-15-10/h7-8H,2-6H2,1H3,(H4,11,12,13,14,15). The van der Waals surface area contributed by atoms with Gasteiger partial charge in [0.2, 0.25) is 11.9 Å². The Balaban J connectivity index is 1.82. The fourth-order valence-corrected chi connectivity index (χ4v) is 2.24. The van der Waals surface area contributed by atoms with Gasteiger partial charge in [-0.05, 0) is 31.6 Å². The second-order valence-electron chi connectivity index (χ2n) is 4.31. The summed E-state index contributed by atoms with van der Waals surface area (Å²) in [5, 5.41) is 9.92. The number of nitrogens with one attached hydrogen (secondary N) is 2. The van der Waals surface area contributed by atoms with Gasteiger partial charge in [0.1, 0.15) is 0 Å². The van der Waals surface area contributed by atoms with Gasteiger partial charge in [0.25, 0.3) is 0 Å². The van der Waals surface area contributed by atoms with Crippen LogP contribution in [0.4, 0.5) is 11.9 Å². The van der Waals surface area contributed by atoms with E-state index in [1.54, 1.807) is 0 Å². The van der Waals surface area contributed by atoms with Gasteiger partial charge >= 0.3 is 0 Å². The maximum Gasteiger partial charge on any atom is 0.243 e. The van der Waals surface area contributed by atoms with E-state index in [0.29, 0.717) is 17.9 Å². The summed E-state index contributed by atoms with van der Waals surface area (Å²) in [7, 11) is 0. The van der Waals surface area contributed by atoms with Crippen molar-refractivity contribution < 1.29 is 0 Å². The van der Waals surface area contributed by atoms with Crippen molar-refractivity contribution in [2.24, 2.45) is 5.92 Å². The van der Waals surface area contributed by atoms with E-state index < -0.39 is 0 Å². The van der Waals surface area contributed by atoms with Crippen LogP contribution in [0.5, 0.6) is 0 Å². The molecule has 0 unspecified atom stereocenters. The molecule has 0 spiro atoms. The van der Waals surface area contributed by atoms with Gasteiger partial charge in [-0.2, -0.15) is 4.98 Å². The normalized spacial score (nSPS) is 26.5. The molecule has 15 heavy (non-hydrogen) atoms. The first kappa shape index (κ1) is 10.3. The summed E-state index contributed by atoms with van der Waals surface area (Å²) in [6, 6.07) is 0.517. The third-order valence-electron chi connectivity index (χ3n) is 3.26. The Morgan fingerprint density at radius 2 is 2.13 bits per heavy atom. The molecule has 2 rings (SSSR count). The smallest absolute Gasteiger partial charge is 0.243 e. The van der Waals surface area contributed by atoms with Crippen LogP contribution in [0.3, 0.4) is 0 Å². The van der Waals surface area contributed by atoms with Crippen LogP contribution in [0.25, 0.3) is 0 Å². The summed E-state index contributed by atoms with van der Waals surface area (Å²) in [6.07, 6.45) is 6.36. The summed E-state index contributed by atoms with van der Waals surface area (Å²) in [5.74, 6) is 1.92. The zero-order chi connectivity index (χ0) is 10.7. The SMILES string of the molecule is CCC1CCC(Nc2n[nH]c(N)n2)CC1. The predicted octanol–water partition coefficient (Wildman–Crippen LogP) is 1.77. The number of H-pyrrole nitrogens is 1. The molecule has 0 radical (unpaired) electrons. The third kappa shape index (κ3) is 2.61. The Hall–Kier alpha value is -1.26. The molecule has 5 nitrogen and oxygen atoms in total. The van der Waals surface area contributed by atoms with Crippen molar-refractivity contribution in [3.05, 3.63) is 0 Å². The number of hydrogen-bond donors (Lipinski definition) is 3. The van der Waals surface area contributed by atoms with Crippen LogP contribution < -0.4 is 11.1 Å². The van der Waals surface area contributed by atoms with Gasteiger partial charge in [0.05, 0.1) is 0 Å². The lowest BCUT2D eigenvalue weighted by molar-refractivity contribution is 0.329. The van der Waals surface area contributed by atoms with Crippen LogP contribution in [0.2, 0.25) is 0 Å². The second-order valence-corrected chi connectivity index (χ2v) is 4.31. The quantitative estimate of drug-likeness (QED) is 0.708. The highest BCUT2D eigenvalue weighted by Gasteiger charge is 2.20. The highest BCUT2D eigenvalue weighted by atomic mass is 15.3. The summed E-state index contributed by atoms with van der Waals surface area (Å²) < 4.78 is 0. The number of aromatic amines is 1. The van der Waals surface area contributed by atoms with Crippen molar-refractivity contribution >= 4 is 11.9 Å². The number of nitrogens with zero attached hydrogens (tertiary/aromatic N) is 2. The van der Waals surface area contributed by atoms with E-state index >= 15 is 0 Å². The van der Waals surface area contributed by atoms with Crippen LogP contribution in [-0.2, 0) is 0 Å². The Morgan fingerprint density at radius 3 is 2.67 bits per heavy atom. The topological polar surface area (TPSA) is 79.6 Å². The highest BCUT2D eigenvalue weighted by Crippen LogP contribution is 2.27. The third-order valence-corrected chi connectivity index (χ3v) is 3.26. The van der Waals surface area contributed by atoms with Gasteiger partial charge < -0.3 is 11.1 Å². The summed E-state index contributed by atoms with van der Waals surface area (Å²) in [6.45, 7) is 2.27. The number of nitrogen functional groups attached to an aromatic ring is 1. The van der Waals surface area contributed by atoms with Gasteiger partial charge in [-0.15, -0.1) is 5.10 Å². The highest BCUT2D eigenvalue weighted by molar-refractivity contribution is 5.30. The van der Waals surface area contributed by atoms with E-state index in [9.17, 15) is 0 Å². The molecule has 84 valence electrons. The molecule has 1 heterocycles. The first-order valence-corrected chi connectivity index (χ1v) is 5.72. The van der Waals surface area contributed by atoms with Crippen molar-refractivity contribution in [1.82, 2.24) is 15.2 Å². The summed E-state index contributed by atoms with van der Waals surface area (Å²) >= 11 is 0. The summed E-state index contributed by atoms with van der Waals surface area (Å²) in [5.41, 5.74) is 5.46. The molecule has 1 aromatic rings. The molecule has 0 bridgehead atoms. The van der Waals surface area contributed by atoms with Crippen LogP contribution >= 0.6 is 0 Å². The van der Waals surface area contributed by atoms with E-state index in [-0.39, 0.29) is 0 Å². The van der Waals surface area contributed by atoms with Gasteiger partial charge in [-0.1, -0.05) is 13.3 Å². The second kappa shape index (κ2) is 4.51. The molecule has 1 aliphatic carbocycles. The molecule has 1 aliphatic rings. The number of anilines is 2. The lowest BCUT2D eigenvalue weighted by atomic mass is 9.85. The molecule has 0 amide bonds.